The van der Waals surface area contributed by atoms with Crippen LogP contribution in [0.15, 0.2) is 28.7 Å². The van der Waals surface area contributed by atoms with Crippen LogP contribution in [0.5, 0.6) is 5.75 Å². The number of carbonyl (C=O) groups excluding carboxylic acids is 1. The third-order valence-corrected chi connectivity index (χ3v) is 4.36. The normalized spacial score (nSPS) is 14.9. The molecule has 0 N–H and O–H groups in total. The number of nitrogens with zero attached hydrogens (tertiary/aromatic N) is 4. The van der Waals surface area contributed by atoms with Crippen LogP contribution in [0.2, 0.25) is 0 Å². The van der Waals surface area contributed by atoms with Gasteiger partial charge in [0.15, 0.2) is 0 Å². The van der Waals surface area contributed by atoms with Gasteiger partial charge in [-0.05, 0) is 6.07 Å². The molecule has 2 heterocycles. The van der Waals surface area contributed by atoms with E-state index in [4.69, 9.17) is 9.15 Å². The van der Waals surface area contributed by atoms with Crippen molar-refractivity contribution in [2.45, 2.75) is 26.2 Å². The van der Waals surface area contributed by atoms with Crippen LogP contribution in [0, 0.1) is 0 Å². The van der Waals surface area contributed by atoms with E-state index >= 15 is 0 Å². The Labute approximate surface area is 147 Å². The molecule has 134 valence electrons. The van der Waals surface area contributed by atoms with Crippen molar-refractivity contribution in [1.29, 1.82) is 0 Å². The van der Waals surface area contributed by atoms with E-state index in [2.05, 4.69) is 10.2 Å². The van der Waals surface area contributed by atoms with Gasteiger partial charge in [-0.1, -0.05) is 37.1 Å². The quantitative estimate of drug-likeness (QED) is 0.827. The zero-order valence-electron chi connectivity index (χ0n) is 14.9. The summed E-state index contributed by atoms with van der Waals surface area (Å²) < 4.78 is 11.0. The summed E-state index contributed by atoms with van der Waals surface area (Å²) in [7, 11) is 1.62. The fraction of sp³-hybridized carbons (Fsp3) is 0.500. The third kappa shape index (κ3) is 3.92. The Bertz CT molecular complexity index is 721. The number of amides is 1. The Morgan fingerprint density at radius 2 is 1.92 bits per heavy atom. The average molecular weight is 344 g/mol. The lowest BCUT2D eigenvalue weighted by Crippen LogP contribution is -2.49. The highest BCUT2D eigenvalue weighted by Gasteiger charge is 2.25. The first-order valence-corrected chi connectivity index (χ1v) is 8.56. The maximum atomic E-state index is 12.6. The second-order valence-electron chi connectivity index (χ2n) is 6.43. The molecule has 1 aliphatic rings. The maximum absolute atomic E-state index is 12.6. The van der Waals surface area contributed by atoms with Crippen LogP contribution in [-0.2, 0) is 11.2 Å². The van der Waals surface area contributed by atoms with Crippen molar-refractivity contribution < 1.29 is 13.9 Å². The molecule has 1 aliphatic heterocycles. The van der Waals surface area contributed by atoms with Gasteiger partial charge in [-0.2, -0.15) is 0 Å². The number of methoxy groups -OCH3 is 1. The van der Waals surface area contributed by atoms with E-state index in [1.54, 1.807) is 7.11 Å². The molecule has 0 bridgehead atoms. The lowest BCUT2D eigenvalue weighted by atomic mass is 10.1. The lowest BCUT2D eigenvalue weighted by Gasteiger charge is -2.33. The van der Waals surface area contributed by atoms with Crippen LogP contribution < -0.4 is 9.64 Å². The third-order valence-electron chi connectivity index (χ3n) is 4.36. The zero-order valence-corrected chi connectivity index (χ0v) is 14.9. The smallest absolute Gasteiger partial charge is 0.318 e. The van der Waals surface area contributed by atoms with Crippen LogP contribution in [0.4, 0.5) is 6.01 Å². The monoisotopic (exact) mass is 344 g/mol. The zero-order chi connectivity index (χ0) is 17.8. The highest BCUT2D eigenvalue weighted by molar-refractivity contribution is 5.79. The highest BCUT2D eigenvalue weighted by atomic mass is 16.5. The van der Waals surface area contributed by atoms with Gasteiger partial charge in [0.05, 0.1) is 13.5 Å². The predicted octanol–water partition coefficient (Wildman–Crippen LogP) is 2.09. The number of hydrogen-bond donors (Lipinski definition) is 0. The van der Waals surface area contributed by atoms with E-state index in [9.17, 15) is 4.79 Å². The molecule has 3 rings (SSSR count). The van der Waals surface area contributed by atoms with Crippen molar-refractivity contribution in [3.05, 3.63) is 35.7 Å². The molecule has 25 heavy (non-hydrogen) atoms. The number of ether oxygens (including phenoxy) is 1. The molecular weight excluding hydrogens is 320 g/mol. The van der Waals surface area contributed by atoms with Gasteiger partial charge in [0.1, 0.15) is 5.75 Å². The standard InChI is InChI=1S/C18H24N4O3/c1-13(2)17-19-20-18(25-17)22-10-8-21(9-11-22)16(23)12-14-6-4-5-7-15(14)24-3/h4-7,13H,8-12H2,1-3H3. The molecule has 0 unspecified atom stereocenters. The summed E-state index contributed by atoms with van der Waals surface area (Å²) in [6, 6.07) is 8.17. The van der Waals surface area contributed by atoms with Crippen LogP contribution >= 0.6 is 0 Å². The van der Waals surface area contributed by atoms with Crippen molar-refractivity contribution in [3.8, 4) is 5.75 Å². The molecule has 0 spiro atoms. The molecule has 0 radical (unpaired) electrons. The maximum Gasteiger partial charge on any atom is 0.318 e. The van der Waals surface area contributed by atoms with Crippen LogP contribution in [0.1, 0.15) is 31.2 Å². The fourth-order valence-corrected chi connectivity index (χ4v) is 2.86. The number of para-hydroxylation sites is 1. The minimum atomic E-state index is 0.109. The number of anilines is 1. The van der Waals surface area contributed by atoms with E-state index in [-0.39, 0.29) is 11.8 Å². The van der Waals surface area contributed by atoms with Gasteiger partial charge in [-0.3, -0.25) is 4.79 Å². The number of benzene rings is 1. The van der Waals surface area contributed by atoms with E-state index in [1.807, 2.05) is 47.9 Å². The van der Waals surface area contributed by atoms with Crippen molar-refractivity contribution in [2.75, 3.05) is 38.2 Å². The number of carbonyl (C=O) groups is 1. The molecule has 0 aliphatic carbocycles. The second-order valence-corrected chi connectivity index (χ2v) is 6.43. The fourth-order valence-electron chi connectivity index (χ4n) is 2.86. The summed E-state index contributed by atoms with van der Waals surface area (Å²) in [4.78, 5) is 16.5. The first-order chi connectivity index (χ1) is 12.1. The van der Waals surface area contributed by atoms with Crippen LogP contribution in [0.3, 0.4) is 0 Å². The summed E-state index contributed by atoms with van der Waals surface area (Å²) in [5.41, 5.74) is 0.913. The van der Waals surface area contributed by atoms with Crippen molar-refractivity contribution in [3.63, 3.8) is 0 Å². The molecule has 7 nitrogen and oxygen atoms in total. The van der Waals surface area contributed by atoms with Gasteiger partial charge in [0.2, 0.25) is 11.8 Å². The van der Waals surface area contributed by atoms with Crippen molar-refractivity contribution in [1.82, 2.24) is 15.1 Å². The van der Waals surface area contributed by atoms with E-state index < -0.39 is 0 Å². The molecule has 1 aromatic heterocycles. The Morgan fingerprint density at radius 1 is 1.20 bits per heavy atom. The molecule has 0 saturated carbocycles. The number of aromatic nitrogens is 2. The molecule has 0 atom stereocenters. The summed E-state index contributed by atoms with van der Waals surface area (Å²) in [6.07, 6.45) is 0.349. The lowest BCUT2D eigenvalue weighted by molar-refractivity contribution is -0.130. The Balaban J connectivity index is 1.57. The van der Waals surface area contributed by atoms with Gasteiger partial charge in [0.25, 0.3) is 0 Å². The molecule has 1 aromatic carbocycles. The molecule has 1 saturated heterocycles. The Morgan fingerprint density at radius 3 is 2.56 bits per heavy atom. The van der Waals surface area contributed by atoms with Gasteiger partial charge >= 0.3 is 6.01 Å². The SMILES string of the molecule is COc1ccccc1CC(=O)N1CCN(c2nnc(C(C)C)o2)CC1. The molecule has 1 amide bonds. The largest absolute Gasteiger partial charge is 0.496 e. The van der Waals surface area contributed by atoms with Gasteiger partial charge in [0, 0.05) is 37.7 Å². The van der Waals surface area contributed by atoms with Crippen molar-refractivity contribution in [2.24, 2.45) is 0 Å². The molecule has 1 fully saturated rings. The Kier molecular flexibility index (Phi) is 5.21. The topological polar surface area (TPSA) is 71.7 Å². The number of hydrogen-bond acceptors (Lipinski definition) is 6. The summed E-state index contributed by atoms with van der Waals surface area (Å²) in [5.74, 6) is 1.72. The van der Waals surface area contributed by atoms with Crippen molar-refractivity contribution >= 4 is 11.9 Å². The summed E-state index contributed by atoms with van der Waals surface area (Å²) in [5, 5.41) is 8.18. The number of piperazine rings is 1. The minimum absolute atomic E-state index is 0.109. The first-order valence-electron chi connectivity index (χ1n) is 8.56. The van der Waals surface area contributed by atoms with Gasteiger partial charge in [-0.25, -0.2) is 0 Å². The van der Waals surface area contributed by atoms with Gasteiger partial charge in [-0.15, -0.1) is 5.10 Å². The van der Waals surface area contributed by atoms with E-state index in [1.165, 1.54) is 0 Å². The minimum Gasteiger partial charge on any atom is -0.496 e. The summed E-state index contributed by atoms with van der Waals surface area (Å²) >= 11 is 0. The molecular formula is C18H24N4O3. The van der Waals surface area contributed by atoms with E-state index in [0.29, 0.717) is 44.5 Å². The Hall–Kier alpha value is -2.57. The van der Waals surface area contributed by atoms with Crippen LogP contribution in [-0.4, -0.2) is 54.3 Å². The number of rotatable bonds is 5. The van der Waals surface area contributed by atoms with Crippen LogP contribution in [0.25, 0.3) is 0 Å². The molecule has 7 heteroatoms. The average Bonchev–Trinajstić information content (AvgIpc) is 3.13. The van der Waals surface area contributed by atoms with Gasteiger partial charge < -0.3 is 19.0 Å². The highest BCUT2D eigenvalue weighted by Crippen LogP contribution is 2.21. The molecule has 2 aromatic rings. The predicted molar refractivity (Wildman–Crippen MR) is 93.9 cm³/mol. The second kappa shape index (κ2) is 7.55. The van der Waals surface area contributed by atoms with E-state index in [0.717, 1.165) is 11.3 Å². The first kappa shape index (κ1) is 17.3. The summed E-state index contributed by atoms with van der Waals surface area (Å²) in [6.45, 7) is 6.72.